The Labute approximate surface area is 289 Å². The Morgan fingerprint density at radius 1 is 0.812 bits per heavy atom. The molecule has 2 saturated heterocycles. The molecule has 0 aromatic heterocycles. The molecule has 2 fully saturated rings. The summed E-state index contributed by atoms with van der Waals surface area (Å²) < 4.78 is 45.5. The van der Waals surface area contributed by atoms with Crippen LogP contribution in [0.15, 0.2) is 85.0 Å². The molecule has 2 aromatic rings. The first-order valence-corrected chi connectivity index (χ1v) is 20.1. The van der Waals surface area contributed by atoms with Crippen LogP contribution in [0, 0.1) is 0 Å². The highest BCUT2D eigenvalue weighted by molar-refractivity contribution is 6.74. The number of ether oxygens (including phenoxy) is 6. The zero-order valence-electron chi connectivity index (χ0n) is 30.6. The fraction of sp³-hybridized carbons (Fsp3) is 0.590. The van der Waals surface area contributed by atoms with E-state index in [1.54, 1.807) is 6.08 Å². The molecule has 2 aliphatic heterocycles. The highest BCUT2D eigenvalue weighted by atomic mass is 28.4. The number of aliphatic hydroxyl groups excluding tert-OH is 1. The second-order valence-electron chi connectivity index (χ2n) is 15.2. The first kappa shape index (κ1) is 38.6. The molecule has 4 rings (SSSR count). The van der Waals surface area contributed by atoms with Crippen LogP contribution in [0.25, 0.3) is 0 Å². The van der Waals surface area contributed by atoms with Gasteiger partial charge in [0.25, 0.3) is 0 Å². The van der Waals surface area contributed by atoms with Crippen LogP contribution in [0.5, 0.6) is 0 Å². The Bertz CT molecular complexity index is 1320. The molecule has 8 nitrogen and oxygen atoms in total. The third kappa shape index (κ3) is 10.7. The molecule has 0 saturated carbocycles. The van der Waals surface area contributed by atoms with Gasteiger partial charge in [-0.2, -0.15) is 0 Å². The number of allylic oxidation sites excluding steroid dienone is 1. The van der Waals surface area contributed by atoms with Gasteiger partial charge in [-0.05, 0) is 63.9 Å². The Morgan fingerprint density at radius 2 is 1.40 bits per heavy atom. The molecule has 0 bridgehead atoms. The molecule has 7 atom stereocenters. The number of aliphatic hydroxyl groups is 1. The van der Waals surface area contributed by atoms with Crippen molar-refractivity contribution in [1.29, 1.82) is 0 Å². The van der Waals surface area contributed by atoms with Crippen molar-refractivity contribution in [2.75, 3.05) is 6.61 Å². The average Bonchev–Trinajstić information content (AvgIpc) is 3.55. The van der Waals surface area contributed by atoms with E-state index in [1.165, 1.54) is 0 Å². The molecule has 0 aliphatic carbocycles. The van der Waals surface area contributed by atoms with Crippen LogP contribution in [-0.2, 0) is 46.1 Å². The molecule has 2 aliphatic rings. The van der Waals surface area contributed by atoms with Gasteiger partial charge in [0.15, 0.2) is 19.9 Å². The van der Waals surface area contributed by atoms with Crippen molar-refractivity contribution >= 4 is 8.32 Å². The van der Waals surface area contributed by atoms with Gasteiger partial charge in [-0.3, -0.25) is 0 Å². The molecule has 0 radical (unpaired) electrons. The van der Waals surface area contributed by atoms with Crippen molar-refractivity contribution in [3.05, 3.63) is 96.1 Å². The van der Waals surface area contributed by atoms with E-state index in [1.807, 2.05) is 114 Å². The summed E-state index contributed by atoms with van der Waals surface area (Å²) in [7, 11) is -2.19. The van der Waals surface area contributed by atoms with Crippen LogP contribution >= 0.6 is 0 Å². The van der Waals surface area contributed by atoms with E-state index < -0.39 is 56.5 Å². The van der Waals surface area contributed by atoms with Crippen molar-refractivity contribution in [1.82, 2.24) is 0 Å². The summed E-state index contributed by atoms with van der Waals surface area (Å²) in [5.74, 6) is -1.65. The molecule has 0 spiro atoms. The fourth-order valence-corrected chi connectivity index (χ4v) is 6.92. The average molecular weight is 683 g/mol. The monoisotopic (exact) mass is 682 g/mol. The third-order valence-corrected chi connectivity index (χ3v) is 13.7. The van der Waals surface area contributed by atoms with Crippen LogP contribution in [0.3, 0.4) is 0 Å². The van der Waals surface area contributed by atoms with Crippen molar-refractivity contribution in [2.24, 2.45) is 0 Å². The van der Waals surface area contributed by atoms with Gasteiger partial charge in [0.05, 0.1) is 25.9 Å². The minimum atomic E-state index is -2.19. The van der Waals surface area contributed by atoms with Crippen molar-refractivity contribution in [2.45, 2.75) is 141 Å². The number of benzene rings is 2. The highest BCUT2D eigenvalue weighted by Crippen LogP contribution is 2.40. The smallest absolute Gasteiger partial charge is 0.193 e. The van der Waals surface area contributed by atoms with Gasteiger partial charge in [0, 0.05) is 0 Å². The number of hydrogen-bond donors (Lipinski definition) is 1. The second-order valence-corrected chi connectivity index (χ2v) is 20.0. The molecule has 9 heteroatoms. The van der Waals surface area contributed by atoms with Crippen LogP contribution in [0.4, 0.5) is 0 Å². The lowest BCUT2D eigenvalue weighted by atomic mass is 9.97. The zero-order valence-corrected chi connectivity index (χ0v) is 31.6. The SMILES string of the molecule is C/C=C/[C@@H](O[Si](C)(C)C(C)(C)C)[C@H](O)/C=C/[C@H](OCc1ccccc1)[C@@H](OCc1ccccc1)[C@H]1OC(C)(C)O[C@@H]1[C@H]1COC(C)(C)O1. The third-order valence-electron chi connectivity index (χ3n) is 9.23. The maximum atomic E-state index is 11.6. The normalized spacial score (nSPS) is 25.4. The predicted molar refractivity (Wildman–Crippen MR) is 191 cm³/mol. The van der Waals surface area contributed by atoms with E-state index in [2.05, 4.69) is 33.9 Å². The summed E-state index contributed by atoms with van der Waals surface area (Å²) in [6.07, 6.45) is 3.32. The Hall–Kier alpha value is -2.18. The van der Waals surface area contributed by atoms with Crippen LogP contribution in [0.1, 0.15) is 66.5 Å². The van der Waals surface area contributed by atoms with Gasteiger partial charge in [-0.15, -0.1) is 0 Å². The van der Waals surface area contributed by atoms with E-state index in [0.717, 1.165) is 11.1 Å². The van der Waals surface area contributed by atoms with E-state index >= 15 is 0 Å². The topological polar surface area (TPSA) is 84.8 Å². The van der Waals surface area contributed by atoms with Crippen molar-refractivity contribution < 1.29 is 38.0 Å². The minimum absolute atomic E-state index is 0.0177. The Morgan fingerprint density at radius 3 is 1.92 bits per heavy atom. The quantitative estimate of drug-likeness (QED) is 0.151. The molecule has 2 heterocycles. The molecular weight excluding hydrogens is 625 g/mol. The lowest BCUT2D eigenvalue weighted by molar-refractivity contribution is -0.178. The molecule has 266 valence electrons. The number of hydrogen-bond acceptors (Lipinski definition) is 8. The van der Waals surface area contributed by atoms with E-state index in [0.29, 0.717) is 19.8 Å². The largest absolute Gasteiger partial charge is 0.408 e. The maximum absolute atomic E-state index is 11.6. The van der Waals surface area contributed by atoms with E-state index in [9.17, 15) is 5.11 Å². The summed E-state index contributed by atoms with van der Waals surface area (Å²) in [5, 5.41) is 11.6. The Balaban J connectivity index is 1.70. The van der Waals surface area contributed by atoms with Gasteiger partial charge in [-0.25, -0.2) is 0 Å². The molecule has 0 amide bonds. The molecule has 2 aromatic carbocycles. The molecule has 1 N–H and O–H groups in total. The first-order chi connectivity index (χ1) is 22.5. The summed E-state index contributed by atoms with van der Waals surface area (Å²) in [5.41, 5.74) is 2.03. The summed E-state index contributed by atoms with van der Waals surface area (Å²) in [6.45, 7) is 21.5. The predicted octanol–water partition coefficient (Wildman–Crippen LogP) is 7.71. The summed E-state index contributed by atoms with van der Waals surface area (Å²) in [4.78, 5) is 0. The van der Waals surface area contributed by atoms with Crippen LogP contribution in [0.2, 0.25) is 18.1 Å². The van der Waals surface area contributed by atoms with Crippen LogP contribution in [-0.4, -0.2) is 74.3 Å². The lowest BCUT2D eigenvalue weighted by Gasteiger charge is -2.39. The first-order valence-electron chi connectivity index (χ1n) is 17.2. The van der Waals surface area contributed by atoms with E-state index in [4.69, 9.17) is 32.8 Å². The van der Waals surface area contributed by atoms with E-state index in [-0.39, 0.29) is 11.1 Å². The molecule has 48 heavy (non-hydrogen) atoms. The second kappa shape index (κ2) is 16.2. The zero-order chi connectivity index (χ0) is 35.2. The Kier molecular flexibility index (Phi) is 13.1. The summed E-state index contributed by atoms with van der Waals surface area (Å²) >= 11 is 0. The molecular formula is C39H58O8Si. The van der Waals surface area contributed by atoms with Gasteiger partial charge in [0.1, 0.15) is 36.6 Å². The summed E-state index contributed by atoms with van der Waals surface area (Å²) in [6, 6.07) is 20.0. The highest BCUT2D eigenvalue weighted by Gasteiger charge is 2.54. The van der Waals surface area contributed by atoms with Gasteiger partial charge in [-0.1, -0.05) is 106 Å². The van der Waals surface area contributed by atoms with Crippen LogP contribution < -0.4 is 0 Å². The van der Waals surface area contributed by atoms with Crippen molar-refractivity contribution in [3.63, 3.8) is 0 Å². The van der Waals surface area contributed by atoms with Crippen molar-refractivity contribution in [3.8, 4) is 0 Å². The molecule has 0 unspecified atom stereocenters. The lowest BCUT2D eigenvalue weighted by Crippen LogP contribution is -2.50. The standard InChI is InChI=1S/C39H58O8Si/c1-11-18-31(47-48(9,10)37(2,3)4)30(40)23-24-32(41-25-28-19-14-12-15-20-28)34(42-26-29-21-16-13-17-22-29)36-35(45-39(7,8)46-36)33-27-43-38(5,6)44-33/h11-24,30-36,40H,25-27H2,1-10H3/b18-11+,24-23+/t30-,31-,32+,33-,34-,35-,36-/m1/s1. The van der Waals surface area contributed by atoms with Gasteiger partial charge >= 0.3 is 0 Å². The fourth-order valence-electron chi connectivity index (χ4n) is 5.67. The van der Waals surface area contributed by atoms with Gasteiger partial charge in [0.2, 0.25) is 0 Å². The maximum Gasteiger partial charge on any atom is 0.193 e. The minimum Gasteiger partial charge on any atom is -0.408 e. The number of rotatable bonds is 15. The van der Waals surface area contributed by atoms with Gasteiger partial charge < -0.3 is 38.0 Å².